The van der Waals surface area contributed by atoms with Crippen molar-refractivity contribution in [1.82, 2.24) is 0 Å². The molecule has 0 bridgehead atoms. The molecule has 0 radical (unpaired) electrons. The maximum Gasteiger partial charge on any atom is 0.129 e. The average Bonchev–Trinajstić information content (AvgIpc) is 2.97. The monoisotopic (exact) mass is 218 g/mol. The van der Waals surface area contributed by atoms with Crippen LogP contribution in [0.15, 0.2) is 18.2 Å². The van der Waals surface area contributed by atoms with Crippen LogP contribution in [0.4, 0.5) is 0 Å². The summed E-state index contributed by atoms with van der Waals surface area (Å²) in [5.74, 6) is 0.943. The summed E-state index contributed by atoms with van der Waals surface area (Å²) in [4.78, 5) is 0. The van der Waals surface area contributed by atoms with E-state index in [2.05, 4.69) is 6.07 Å². The highest BCUT2D eigenvalue weighted by Gasteiger charge is 2.48. The van der Waals surface area contributed by atoms with Gasteiger partial charge >= 0.3 is 0 Å². The Morgan fingerprint density at radius 3 is 2.62 bits per heavy atom. The zero-order valence-corrected chi connectivity index (χ0v) is 9.92. The Hall–Kier alpha value is -1.02. The highest BCUT2D eigenvalue weighted by molar-refractivity contribution is 5.51. The predicted molar refractivity (Wildman–Crippen MR) is 62.7 cm³/mol. The molecule has 2 aliphatic rings. The molecule has 1 aliphatic heterocycles. The molecular weight excluding hydrogens is 200 g/mol. The van der Waals surface area contributed by atoms with Gasteiger partial charge in [-0.1, -0.05) is 18.2 Å². The third-order valence-corrected chi connectivity index (χ3v) is 3.93. The normalized spacial score (nSPS) is 21.4. The van der Waals surface area contributed by atoms with Crippen LogP contribution in [0, 0.1) is 0 Å². The SMILES string of the molecule is CC(C)(O)c1cccc2c1OCCC21CC1. The molecule has 0 amide bonds. The van der Waals surface area contributed by atoms with Crippen molar-refractivity contribution in [3.05, 3.63) is 29.3 Å². The van der Waals surface area contributed by atoms with Gasteiger partial charge in [-0.15, -0.1) is 0 Å². The number of rotatable bonds is 1. The number of ether oxygens (including phenoxy) is 1. The van der Waals surface area contributed by atoms with Crippen molar-refractivity contribution in [3.63, 3.8) is 0 Å². The molecule has 1 aromatic carbocycles. The van der Waals surface area contributed by atoms with Gasteiger partial charge in [-0.2, -0.15) is 0 Å². The molecule has 1 saturated carbocycles. The zero-order chi connectivity index (χ0) is 11.4. The van der Waals surface area contributed by atoms with Crippen molar-refractivity contribution in [2.45, 2.75) is 44.1 Å². The Kier molecular flexibility index (Phi) is 1.91. The molecule has 0 atom stereocenters. The molecule has 1 heterocycles. The van der Waals surface area contributed by atoms with E-state index in [9.17, 15) is 5.11 Å². The first-order valence-electron chi connectivity index (χ1n) is 6.02. The van der Waals surface area contributed by atoms with Gasteiger partial charge in [-0.3, -0.25) is 0 Å². The van der Waals surface area contributed by atoms with Gasteiger partial charge in [-0.05, 0) is 33.1 Å². The molecule has 2 heteroatoms. The standard InChI is InChI=1S/C14H18O2/c1-13(2,15)10-4-3-5-11-12(10)16-9-8-14(11)6-7-14/h3-5,15H,6-9H2,1-2H3. The molecular formula is C14H18O2. The number of benzene rings is 1. The van der Waals surface area contributed by atoms with E-state index in [-0.39, 0.29) is 0 Å². The number of hydrogen-bond donors (Lipinski definition) is 1. The summed E-state index contributed by atoms with van der Waals surface area (Å²) in [6.07, 6.45) is 3.69. The molecule has 1 aliphatic carbocycles. The molecule has 0 aromatic heterocycles. The first-order valence-corrected chi connectivity index (χ1v) is 6.02. The van der Waals surface area contributed by atoms with E-state index in [0.29, 0.717) is 5.41 Å². The number of aliphatic hydroxyl groups is 1. The van der Waals surface area contributed by atoms with E-state index in [1.165, 1.54) is 18.4 Å². The second kappa shape index (κ2) is 3.01. The van der Waals surface area contributed by atoms with Crippen LogP contribution in [0.5, 0.6) is 5.75 Å². The van der Waals surface area contributed by atoms with Crippen LogP contribution in [0.1, 0.15) is 44.2 Å². The lowest BCUT2D eigenvalue weighted by molar-refractivity contribution is 0.0733. The highest BCUT2D eigenvalue weighted by Crippen LogP contribution is 2.57. The van der Waals surface area contributed by atoms with Gasteiger partial charge < -0.3 is 9.84 Å². The molecule has 16 heavy (non-hydrogen) atoms. The number of fused-ring (bicyclic) bond motifs is 2. The van der Waals surface area contributed by atoms with Crippen LogP contribution in [0.3, 0.4) is 0 Å². The minimum absolute atomic E-state index is 0.384. The molecule has 1 aromatic rings. The Balaban J connectivity index is 2.16. The molecule has 1 fully saturated rings. The molecule has 0 unspecified atom stereocenters. The minimum Gasteiger partial charge on any atom is -0.493 e. The van der Waals surface area contributed by atoms with Crippen molar-refractivity contribution < 1.29 is 9.84 Å². The second-order valence-corrected chi connectivity index (χ2v) is 5.62. The van der Waals surface area contributed by atoms with Crippen molar-refractivity contribution >= 4 is 0 Å². The van der Waals surface area contributed by atoms with Gasteiger partial charge in [0.25, 0.3) is 0 Å². The lowest BCUT2D eigenvalue weighted by Crippen LogP contribution is -2.25. The first kappa shape index (κ1) is 10.2. The molecule has 2 nitrogen and oxygen atoms in total. The van der Waals surface area contributed by atoms with Gasteiger partial charge in [0.05, 0.1) is 12.2 Å². The Morgan fingerprint density at radius 2 is 2.00 bits per heavy atom. The lowest BCUT2D eigenvalue weighted by Gasteiger charge is -2.30. The summed E-state index contributed by atoms with van der Waals surface area (Å²) < 4.78 is 5.80. The summed E-state index contributed by atoms with van der Waals surface area (Å²) in [5, 5.41) is 10.2. The van der Waals surface area contributed by atoms with Crippen LogP contribution in [-0.2, 0) is 11.0 Å². The van der Waals surface area contributed by atoms with Gasteiger partial charge in [-0.25, -0.2) is 0 Å². The largest absolute Gasteiger partial charge is 0.493 e. The van der Waals surface area contributed by atoms with Crippen molar-refractivity contribution in [2.24, 2.45) is 0 Å². The first-order chi connectivity index (χ1) is 7.53. The fraction of sp³-hybridized carbons (Fsp3) is 0.571. The number of hydrogen-bond acceptors (Lipinski definition) is 2. The average molecular weight is 218 g/mol. The summed E-state index contributed by atoms with van der Waals surface area (Å²) in [6.45, 7) is 4.43. The van der Waals surface area contributed by atoms with Gasteiger partial charge in [0, 0.05) is 16.5 Å². The van der Waals surface area contributed by atoms with Crippen molar-refractivity contribution in [2.75, 3.05) is 6.61 Å². The van der Waals surface area contributed by atoms with Gasteiger partial charge in [0.1, 0.15) is 5.75 Å². The summed E-state index contributed by atoms with van der Waals surface area (Å²) in [7, 11) is 0. The Labute approximate surface area is 96.2 Å². The van der Waals surface area contributed by atoms with Crippen LogP contribution in [0.2, 0.25) is 0 Å². The zero-order valence-electron chi connectivity index (χ0n) is 9.92. The third kappa shape index (κ3) is 1.36. The topological polar surface area (TPSA) is 29.5 Å². The van der Waals surface area contributed by atoms with Crippen molar-refractivity contribution in [3.8, 4) is 5.75 Å². The van der Waals surface area contributed by atoms with Crippen LogP contribution >= 0.6 is 0 Å². The highest BCUT2D eigenvalue weighted by atomic mass is 16.5. The van der Waals surface area contributed by atoms with Crippen LogP contribution in [0.25, 0.3) is 0 Å². The van der Waals surface area contributed by atoms with E-state index in [4.69, 9.17) is 4.74 Å². The second-order valence-electron chi connectivity index (χ2n) is 5.62. The predicted octanol–water partition coefficient (Wildman–Crippen LogP) is 2.73. The van der Waals surface area contributed by atoms with E-state index >= 15 is 0 Å². The fourth-order valence-electron chi connectivity index (χ4n) is 2.75. The minimum atomic E-state index is -0.821. The van der Waals surface area contributed by atoms with E-state index < -0.39 is 5.60 Å². The Morgan fingerprint density at radius 1 is 1.25 bits per heavy atom. The van der Waals surface area contributed by atoms with Gasteiger partial charge in [0.2, 0.25) is 0 Å². The summed E-state index contributed by atoms with van der Waals surface area (Å²) in [5.41, 5.74) is 1.81. The molecule has 1 spiro atoms. The third-order valence-electron chi connectivity index (χ3n) is 3.93. The maximum atomic E-state index is 10.2. The molecule has 1 N–H and O–H groups in total. The molecule has 86 valence electrons. The fourth-order valence-corrected chi connectivity index (χ4v) is 2.75. The Bertz CT molecular complexity index is 411. The van der Waals surface area contributed by atoms with Crippen LogP contribution < -0.4 is 4.74 Å². The van der Waals surface area contributed by atoms with Crippen molar-refractivity contribution in [1.29, 1.82) is 0 Å². The van der Waals surface area contributed by atoms with E-state index in [0.717, 1.165) is 24.3 Å². The smallest absolute Gasteiger partial charge is 0.129 e. The number of para-hydroxylation sites is 1. The van der Waals surface area contributed by atoms with Crippen LogP contribution in [-0.4, -0.2) is 11.7 Å². The quantitative estimate of drug-likeness (QED) is 0.785. The lowest BCUT2D eigenvalue weighted by atomic mass is 9.85. The maximum absolute atomic E-state index is 10.2. The van der Waals surface area contributed by atoms with Gasteiger partial charge in [0.15, 0.2) is 0 Å². The molecule has 0 saturated heterocycles. The summed E-state index contributed by atoms with van der Waals surface area (Å²) >= 11 is 0. The van der Waals surface area contributed by atoms with E-state index in [1.54, 1.807) is 0 Å². The molecule has 3 rings (SSSR count). The summed E-state index contributed by atoms with van der Waals surface area (Å²) in [6, 6.07) is 6.18. The van der Waals surface area contributed by atoms with E-state index in [1.807, 2.05) is 26.0 Å².